The molecule has 0 amide bonds. The zero-order valence-electron chi connectivity index (χ0n) is 10.9. The Bertz CT molecular complexity index is 482. The fraction of sp³-hybridized carbons (Fsp3) is 0.571. The van der Waals surface area contributed by atoms with E-state index in [0.29, 0.717) is 4.90 Å². The third-order valence-corrected chi connectivity index (χ3v) is 4.65. The fourth-order valence-corrected chi connectivity index (χ4v) is 2.94. The van der Waals surface area contributed by atoms with Crippen LogP contribution in [0.5, 0.6) is 5.75 Å². The van der Waals surface area contributed by atoms with Crippen molar-refractivity contribution in [3.63, 3.8) is 0 Å². The van der Waals surface area contributed by atoms with Crippen molar-refractivity contribution >= 4 is 9.84 Å². The predicted molar refractivity (Wildman–Crippen MR) is 71.6 cm³/mol. The van der Waals surface area contributed by atoms with E-state index in [4.69, 9.17) is 4.74 Å². The van der Waals surface area contributed by atoms with Crippen molar-refractivity contribution in [1.82, 2.24) is 0 Å². The summed E-state index contributed by atoms with van der Waals surface area (Å²) in [6, 6.07) is 6.70. The van der Waals surface area contributed by atoms with Gasteiger partial charge in [0.15, 0.2) is 9.84 Å². The quantitative estimate of drug-likeness (QED) is 0.846. The standard InChI is InChI=1S/C14H20O3S/c1-11-3-5-12(6-4-11)17-13-7-9-14(10-8-13)18(2,15)16/h7-12H,3-6H2,1-2H3. The van der Waals surface area contributed by atoms with Gasteiger partial charge in [0.25, 0.3) is 0 Å². The van der Waals surface area contributed by atoms with Crippen LogP contribution in [0.1, 0.15) is 32.6 Å². The number of ether oxygens (including phenoxy) is 1. The van der Waals surface area contributed by atoms with Crippen molar-refractivity contribution in [3.8, 4) is 5.75 Å². The van der Waals surface area contributed by atoms with Crippen LogP contribution < -0.4 is 4.74 Å². The SMILES string of the molecule is CC1CCC(Oc2ccc(S(C)(=O)=O)cc2)CC1. The first-order chi connectivity index (χ1) is 8.45. The molecule has 0 radical (unpaired) electrons. The summed E-state index contributed by atoms with van der Waals surface area (Å²) in [5.74, 6) is 1.57. The van der Waals surface area contributed by atoms with Gasteiger partial charge in [-0.1, -0.05) is 6.92 Å². The topological polar surface area (TPSA) is 43.4 Å². The Balaban J connectivity index is 1.98. The van der Waals surface area contributed by atoms with Gasteiger partial charge >= 0.3 is 0 Å². The van der Waals surface area contributed by atoms with Gasteiger partial charge in [0, 0.05) is 6.26 Å². The minimum absolute atomic E-state index is 0.283. The van der Waals surface area contributed by atoms with E-state index < -0.39 is 9.84 Å². The van der Waals surface area contributed by atoms with Crippen LogP contribution in [0, 0.1) is 5.92 Å². The van der Waals surface area contributed by atoms with Crippen molar-refractivity contribution in [2.75, 3.05) is 6.26 Å². The van der Waals surface area contributed by atoms with Crippen molar-refractivity contribution in [2.24, 2.45) is 5.92 Å². The molecule has 1 aliphatic carbocycles. The Kier molecular flexibility index (Phi) is 3.95. The molecule has 1 fully saturated rings. The summed E-state index contributed by atoms with van der Waals surface area (Å²) in [7, 11) is -3.12. The molecule has 18 heavy (non-hydrogen) atoms. The number of rotatable bonds is 3. The molecule has 0 aliphatic heterocycles. The normalized spacial score (nSPS) is 24.8. The lowest BCUT2D eigenvalue weighted by Gasteiger charge is -2.26. The van der Waals surface area contributed by atoms with E-state index in [-0.39, 0.29) is 6.10 Å². The molecular formula is C14H20O3S. The molecule has 1 aromatic rings. The molecule has 0 atom stereocenters. The molecule has 0 N–H and O–H groups in total. The minimum atomic E-state index is -3.12. The molecule has 0 bridgehead atoms. The molecule has 2 rings (SSSR count). The van der Waals surface area contributed by atoms with Crippen molar-refractivity contribution in [1.29, 1.82) is 0 Å². The van der Waals surface area contributed by atoms with Crippen LogP contribution in [0.4, 0.5) is 0 Å². The fourth-order valence-electron chi connectivity index (χ4n) is 2.31. The van der Waals surface area contributed by atoms with Gasteiger partial charge in [-0.25, -0.2) is 8.42 Å². The maximum Gasteiger partial charge on any atom is 0.175 e. The largest absolute Gasteiger partial charge is 0.490 e. The van der Waals surface area contributed by atoms with Crippen LogP contribution >= 0.6 is 0 Å². The van der Waals surface area contributed by atoms with E-state index in [1.807, 2.05) is 0 Å². The highest BCUT2D eigenvalue weighted by atomic mass is 32.2. The van der Waals surface area contributed by atoms with Crippen LogP contribution in [0.25, 0.3) is 0 Å². The zero-order valence-corrected chi connectivity index (χ0v) is 11.7. The summed E-state index contributed by atoms with van der Waals surface area (Å²) >= 11 is 0. The van der Waals surface area contributed by atoms with Gasteiger partial charge in [-0.3, -0.25) is 0 Å². The third kappa shape index (κ3) is 3.48. The average Bonchev–Trinajstić information content (AvgIpc) is 2.32. The van der Waals surface area contributed by atoms with E-state index in [0.717, 1.165) is 24.5 Å². The summed E-state index contributed by atoms with van der Waals surface area (Å²) in [6.07, 6.45) is 6.11. The summed E-state index contributed by atoms with van der Waals surface area (Å²) in [4.78, 5) is 0.340. The van der Waals surface area contributed by atoms with Gasteiger partial charge in [0.1, 0.15) is 5.75 Å². The molecular weight excluding hydrogens is 248 g/mol. The molecule has 0 saturated heterocycles. The molecule has 100 valence electrons. The first-order valence-corrected chi connectivity index (χ1v) is 8.31. The lowest BCUT2D eigenvalue weighted by Crippen LogP contribution is -2.22. The van der Waals surface area contributed by atoms with Gasteiger partial charge in [0.2, 0.25) is 0 Å². The van der Waals surface area contributed by atoms with Crippen molar-refractivity contribution in [2.45, 2.75) is 43.6 Å². The summed E-state index contributed by atoms with van der Waals surface area (Å²) < 4.78 is 28.5. The Morgan fingerprint density at radius 2 is 1.61 bits per heavy atom. The van der Waals surface area contributed by atoms with Crippen LogP contribution in [0.15, 0.2) is 29.2 Å². The molecule has 1 aromatic carbocycles. The smallest absolute Gasteiger partial charge is 0.175 e. The lowest BCUT2D eigenvalue weighted by molar-refractivity contribution is 0.135. The number of sulfone groups is 1. The molecule has 1 aliphatic rings. The summed E-state index contributed by atoms with van der Waals surface area (Å²) in [5.41, 5.74) is 0. The third-order valence-electron chi connectivity index (χ3n) is 3.52. The van der Waals surface area contributed by atoms with Gasteiger partial charge in [0.05, 0.1) is 11.0 Å². The average molecular weight is 268 g/mol. The maximum atomic E-state index is 11.3. The van der Waals surface area contributed by atoms with Gasteiger partial charge in [-0.05, 0) is 55.9 Å². The first kappa shape index (κ1) is 13.4. The Morgan fingerprint density at radius 3 is 2.11 bits per heavy atom. The second-order valence-corrected chi connectivity index (χ2v) is 7.26. The molecule has 0 aromatic heterocycles. The van der Waals surface area contributed by atoms with Gasteiger partial charge in [-0.15, -0.1) is 0 Å². The highest BCUT2D eigenvalue weighted by molar-refractivity contribution is 7.90. The predicted octanol–water partition coefficient (Wildman–Crippen LogP) is 3.05. The summed E-state index contributed by atoms with van der Waals surface area (Å²) in [6.45, 7) is 2.27. The second kappa shape index (κ2) is 5.31. The number of benzene rings is 1. The molecule has 3 nitrogen and oxygen atoms in total. The van der Waals surface area contributed by atoms with Crippen LogP contribution in [0.2, 0.25) is 0 Å². The second-order valence-electron chi connectivity index (χ2n) is 5.24. The minimum Gasteiger partial charge on any atom is -0.490 e. The van der Waals surface area contributed by atoms with E-state index in [1.54, 1.807) is 24.3 Å². The van der Waals surface area contributed by atoms with Crippen LogP contribution in [-0.2, 0) is 9.84 Å². The zero-order chi connectivity index (χ0) is 13.2. The lowest BCUT2D eigenvalue weighted by atomic mass is 9.89. The Morgan fingerprint density at radius 1 is 1.06 bits per heavy atom. The van der Waals surface area contributed by atoms with Gasteiger partial charge in [-0.2, -0.15) is 0 Å². The molecule has 0 heterocycles. The van der Waals surface area contributed by atoms with E-state index in [1.165, 1.54) is 19.1 Å². The van der Waals surface area contributed by atoms with E-state index >= 15 is 0 Å². The monoisotopic (exact) mass is 268 g/mol. The Hall–Kier alpha value is -1.03. The van der Waals surface area contributed by atoms with Crippen molar-refractivity contribution in [3.05, 3.63) is 24.3 Å². The Labute approximate surface area is 109 Å². The molecule has 1 saturated carbocycles. The first-order valence-electron chi connectivity index (χ1n) is 6.42. The van der Waals surface area contributed by atoms with Crippen LogP contribution in [-0.4, -0.2) is 20.8 Å². The number of hydrogen-bond acceptors (Lipinski definition) is 3. The highest BCUT2D eigenvalue weighted by Gasteiger charge is 2.19. The van der Waals surface area contributed by atoms with Gasteiger partial charge < -0.3 is 4.74 Å². The molecule has 4 heteroatoms. The highest BCUT2D eigenvalue weighted by Crippen LogP contribution is 2.27. The maximum absolute atomic E-state index is 11.3. The molecule has 0 spiro atoms. The van der Waals surface area contributed by atoms with E-state index in [2.05, 4.69) is 6.92 Å². The van der Waals surface area contributed by atoms with Crippen molar-refractivity contribution < 1.29 is 13.2 Å². The molecule has 0 unspecified atom stereocenters. The van der Waals surface area contributed by atoms with Crippen LogP contribution in [0.3, 0.4) is 0 Å². The summed E-state index contributed by atoms with van der Waals surface area (Å²) in [5, 5.41) is 0. The van der Waals surface area contributed by atoms with E-state index in [9.17, 15) is 8.42 Å². The number of hydrogen-bond donors (Lipinski definition) is 0.